The number of nitrogens with two attached hydrogens (primary N) is 2. The number of hydroxylamine groups is 1. The Morgan fingerprint density at radius 2 is 2.24 bits per heavy atom. The summed E-state index contributed by atoms with van der Waals surface area (Å²) < 4.78 is 4.54. The van der Waals surface area contributed by atoms with E-state index < -0.39 is 6.16 Å². The van der Waals surface area contributed by atoms with Crippen LogP contribution in [-0.2, 0) is 9.57 Å². The largest absolute Gasteiger partial charge is 0.527 e. The van der Waals surface area contributed by atoms with Gasteiger partial charge in [0, 0.05) is 19.1 Å². The first-order valence-corrected chi connectivity index (χ1v) is 5.46. The Morgan fingerprint density at radius 3 is 2.82 bits per heavy atom. The second-order valence-electron chi connectivity index (χ2n) is 3.38. The Labute approximate surface area is 100 Å². The molecule has 0 aromatic rings. The first kappa shape index (κ1) is 15.5. The molecule has 17 heavy (non-hydrogen) atoms. The molecular formula is C9H21N5O3. The number of carbonyl (C=O) groups is 1. The number of hydrogen-bond acceptors (Lipinski definition) is 6. The van der Waals surface area contributed by atoms with Crippen LogP contribution in [0.5, 0.6) is 0 Å². The molecule has 0 fully saturated rings. The first-order chi connectivity index (χ1) is 8.06. The van der Waals surface area contributed by atoms with E-state index in [1.54, 1.807) is 6.92 Å². The van der Waals surface area contributed by atoms with Gasteiger partial charge in [0.15, 0.2) is 5.96 Å². The highest BCUT2D eigenvalue weighted by Gasteiger charge is 2.05. The topological polar surface area (TPSA) is 135 Å². The lowest BCUT2D eigenvalue weighted by Gasteiger charge is -2.12. The third kappa shape index (κ3) is 10.7. The van der Waals surface area contributed by atoms with Gasteiger partial charge in [-0.1, -0.05) is 0 Å². The molecule has 0 bridgehead atoms. The summed E-state index contributed by atoms with van der Waals surface area (Å²) in [7, 11) is 0. The number of ether oxygens (including phenoxy) is 1. The Kier molecular flexibility index (Phi) is 8.79. The van der Waals surface area contributed by atoms with Crippen molar-refractivity contribution in [3.05, 3.63) is 0 Å². The minimum atomic E-state index is -0.766. The van der Waals surface area contributed by atoms with Gasteiger partial charge in [-0.2, -0.15) is 0 Å². The molecule has 0 aliphatic heterocycles. The average molecular weight is 247 g/mol. The van der Waals surface area contributed by atoms with Crippen LogP contribution in [0.4, 0.5) is 4.79 Å². The van der Waals surface area contributed by atoms with Crippen molar-refractivity contribution in [2.24, 2.45) is 11.5 Å². The fourth-order valence-corrected chi connectivity index (χ4v) is 1.04. The van der Waals surface area contributed by atoms with E-state index in [-0.39, 0.29) is 18.6 Å². The van der Waals surface area contributed by atoms with Gasteiger partial charge in [-0.05, 0) is 19.8 Å². The first-order valence-electron chi connectivity index (χ1n) is 5.46. The van der Waals surface area contributed by atoms with Crippen LogP contribution in [0.3, 0.4) is 0 Å². The van der Waals surface area contributed by atoms with Gasteiger partial charge in [-0.25, -0.2) is 4.79 Å². The number of nitrogens with one attached hydrogen (secondary N) is 3. The van der Waals surface area contributed by atoms with Crippen LogP contribution in [0.1, 0.15) is 19.8 Å². The molecule has 0 rings (SSSR count). The lowest BCUT2D eigenvalue weighted by molar-refractivity contribution is 0.0176. The van der Waals surface area contributed by atoms with E-state index in [1.807, 2.05) is 0 Å². The molecule has 0 aromatic carbocycles. The van der Waals surface area contributed by atoms with Gasteiger partial charge in [-0.15, -0.1) is 5.48 Å². The zero-order valence-corrected chi connectivity index (χ0v) is 9.99. The summed E-state index contributed by atoms with van der Waals surface area (Å²) in [5.41, 5.74) is 13.3. The van der Waals surface area contributed by atoms with Gasteiger partial charge in [0.25, 0.3) is 0 Å². The lowest BCUT2D eigenvalue weighted by Crippen LogP contribution is -2.36. The summed E-state index contributed by atoms with van der Waals surface area (Å²) >= 11 is 0. The van der Waals surface area contributed by atoms with Crippen LogP contribution in [0.2, 0.25) is 0 Å². The van der Waals surface area contributed by atoms with Crippen LogP contribution in [0, 0.1) is 5.41 Å². The molecule has 0 aliphatic rings. The molecule has 0 amide bonds. The molecule has 0 spiro atoms. The van der Waals surface area contributed by atoms with Gasteiger partial charge >= 0.3 is 6.16 Å². The van der Waals surface area contributed by atoms with Crippen molar-refractivity contribution in [3.8, 4) is 0 Å². The van der Waals surface area contributed by atoms with Crippen LogP contribution >= 0.6 is 0 Å². The summed E-state index contributed by atoms with van der Waals surface area (Å²) in [6, 6.07) is -0.141. The lowest BCUT2D eigenvalue weighted by atomic mass is 10.2. The molecule has 0 aliphatic carbocycles. The maximum Gasteiger partial charge on any atom is 0.527 e. The van der Waals surface area contributed by atoms with Crippen molar-refractivity contribution < 1.29 is 14.4 Å². The summed E-state index contributed by atoms with van der Waals surface area (Å²) in [4.78, 5) is 15.3. The van der Waals surface area contributed by atoms with Crippen molar-refractivity contribution in [2.45, 2.75) is 25.8 Å². The number of rotatable bonds is 8. The Hall–Kier alpha value is -1.54. The summed E-state index contributed by atoms with van der Waals surface area (Å²) in [5, 5.41) is 9.60. The van der Waals surface area contributed by atoms with E-state index in [4.69, 9.17) is 16.9 Å². The Morgan fingerprint density at radius 1 is 1.53 bits per heavy atom. The van der Waals surface area contributed by atoms with Gasteiger partial charge in [0.1, 0.15) is 0 Å². The second-order valence-corrected chi connectivity index (χ2v) is 3.38. The van der Waals surface area contributed by atoms with Gasteiger partial charge in [0.2, 0.25) is 0 Å². The van der Waals surface area contributed by atoms with E-state index >= 15 is 0 Å². The molecular weight excluding hydrogens is 226 g/mol. The number of guanidine groups is 1. The monoisotopic (exact) mass is 247 g/mol. The zero-order valence-electron chi connectivity index (χ0n) is 9.99. The molecule has 8 nitrogen and oxygen atoms in total. The van der Waals surface area contributed by atoms with Gasteiger partial charge < -0.3 is 26.4 Å². The van der Waals surface area contributed by atoms with E-state index in [0.717, 1.165) is 12.8 Å². The SMILES string of the molecule is CCOC(=O)ONCC(N)CCCNC(=N)N. The normalized spacial score (nSPS) is 11.6. The molecule has 1 unspecified atom stereocenters. The third-order valence-corrected chi connectivity index (χ3v) is 1.83. The predicted octanol–water partition coefficient (Wildman–Crippen LogP) is -0.745. The summed E-state index contributed by atoms with van der Waals surface area (Å²) in [6.45, 7) is 2.90. The minimum Gasteiger partial charge on any atom is -0.433 e. The maximum atomic E-state index is 10.8. The van der Waals surface area contributed by atoms with Crippen molar-refractivity contribution >= 4 is 12.1 Å². The van der Waals surface area contributed by atoms with Crippen LogP contribution < -0.4 is 22.3 Å². The van der Waals surface area contributed by atoms with Crippen molar-refractivity contribution in [1.29, 1.82) is 5.41 Å². The number of carbonyl (C=O) groups excluding carboxylic acids is 1. The third-order valence-electron chi connectivity index (χ3n) is 1.83. The van der Waals surface area contributed by atoms with E-state index in [9.17, 15) is 4.79 Å². The van der Waals surface area contributed by atoms with Crippen molar-refractivity contribution in [2.75, 3.05) is 19.7 Å². The van der Waals surface area contributed by atoms with Gasteiger partial charge in [0.05, 0.1) is 6.61 Å². The van der Waals surface area contributed by atoms with E-state index in [2.05, 4.69) is 20.4 Å². The summed E-state index contributed by atoms with van der Waals surface area (Å²) in [5.74, 6) is -0.0534. The molecule has 1 atom stereocenters. The molecule has 0 saturated carbocycles. The smallest absolute Gasteiger partial charge is 0.433 e. The standard InChI is InChI=1S/C9H21N5O3/c1-2-16-9(15)17-14-6-7(10)4-3-5-13-8(11)12/h7,14H,2-6,10H2,1H3,(H4,11,12,13). The average Bonchev–Trinajstić information content (AvgIpc) is 2.24. The fraction of sp³-hybridized carbons (Fsp3) is 0.778. The van der Waals surface area contributed by atoms with Crippen molar-refractivity contribution in [3.63, 3.8) is 0 Å². The highest BCUT2D eigenvalue weighted by atomic mass is 16.8. The minimum absolute atomic E-state index is 0.0534. The fourth-order valence-electron chi connectivity index (χ4n) is 1.04. The molecule has 0 aromatic heterocycles. The van der Waals surface area contributed by atoms with E-state index in [0.29, 0.717) is 13.1 Å². The predicted molar refractivity (Wildman–Crippen MR) is 63.2 cm³/mol. The van der Waals surface area contributed by atoms with Crippen LogP contribution in [0.15, 0.2) is 0 Å². The highest BCUT2D eigenvalue weighted by molar-refractivity contribution is 5.74. The molecule has 0 radical (unpaired) electrons. The van der Waals surface area contributed by atoms with Crippen LogP contribution in [-0.4, -0.2) is 37.9 Å². The quantitative estimate of drug-likeness (QED) is 0.125. The van der Waals surface area contributed by atoms with Crippen LogP contribution in [0.25, 0.3) is 0 Å². The zero-order chi connectivity index (χ0) is 13.1. The summed E-state index contributed by atoms with van der Waals surface area (Å²) in [6.07, 6.45) is 0.735. The highest BCUT2D eigenvalue weighted by Crippen LogP contribution is 1.92. The maximum absolute atomic E-state index is 10.8. The molecule has 100 valence electrons. The van der Waals surface area contributed by atoms with Crippen molar-refractivity contribution in [1.82, 2.24) is 10.8 Å². The Bertz CT molecular complexity index is 237. The molecule has 7 N–H and O–H groups in total. The molecule has 8 heteroatoms. The van der Waals surface area contributed by atoms with E-state index in [1.165, 1.54) is 0 Å². The Balaban J connectivity index is 3.37. The molecule has 0 heterocycles. The van der Waals surface area contributed by atoms with Gasteiger partial charge in [-0.3, -0.25) is 5.41 Å². The second kappa shape index (κ2) is 9.67. The molecule has 0 saturated heterocycles. The number of hydrogen-bond donors (Lipinski definition) is 5.